The summed E-state index contributed by atoms with van der Waals surface area (Å²) in [7, 11) is 1.61. The quantitative estimate of drug-likeness (QED) is 0.216. The second-order valence-corrected chi connectivity index (χ2v) is 9.71. The molecular formula is C36H28O4. The first kappa shape index (κ1) is 25.2. The fourth-order valence-electron chi connectivity index (χ4n) is 5.71. The highest BCUT2D eigenvalue weighted by atomic mass is 16.5. The highest BCUT2D eigenvalue weighted by Crippen LogP contribution is 2.51. The van der Waals surface area contributed by atoms with Crippen LogP contribution >= 0.6 is 0 Å². The Morgan fingerprint density at radius 1 is 0.600 bits per heavy atom. The number of aromatic hydroxyl groups is 1. The summed E-state index contributed by atoms with van der Waals surface area (Å²) in [6, 6.07) is 41.4. The molecule has 1 N–H and O–H groups in total. The Morgan fingerprint density at radius 2 is 1.00 bits per heavy atom. The number of phenols is 1. The normalized spacial score (nSPS) is 11.3. The molecule has 1 aromatic heterocycles. The molecule has 0 amide bonds. The van der Waals surface area contributed by atoms with E-state index in [2.05, 4.69) is 24.3 Å². The zero-order valence-electron chi connectivity index (χ0n) is 22.0. The molecule has 1 heterocycles. The number of rotatable bonds is 7. The maximum absolute atomic E-state index is 13.4. The zero-order chi connectivity index (χ0) is 27.5. The zero-order valence-corrected chi connectivity index (χ0v) is 22.0. The lowest BCUT2D eigenvalue weighted by atomic mass is 9.78. The number of methoxy groups -OCH3 is 1. The topological polar surface area (TPSA) is 59.7 Å². The molecule has 0 fully saturated rings. The third-order valence-electron chi connectivity index (χ3n) is 7.42. The van der Waals surface area contributed by atoms with Gasteiger partial charge >= 0.3 is 0 Å². The van der Waals surface area contributed by atoms with Gasteiger partial charge in [0, 0.05) is 29.0 Å². The molecule has 0 radical (unpaired) electrons. The van der Waals surface area contributed by atoms with Crippen LogP contribution in [0.4, 0.5) is 0 Å². The van der Waals surface area contributed by atoms with Crippen molar-refractivity contribution in [2.45, 2.75) is 11.8 Å². The number of fused-ring (bicyclic) bond motifs is 1. The van der Waals surface area contributed by atoms with Gasteiger partial charge in [0.2, 0.25) is 0 Å². The molecule has 0 saturated carbocycles. The first-order valence-electron chi connectivity index (χ1n) is 13.2. The van der Waals surface area contributed by atoms with Gasteiger partial charge in [-0.3, -0.25) is 4.79 Å². The van der Waals surface area contributed by atoms with Crippen LogP contribution in [0.5, 0.6) is 11.5 Å². The molecule has 0 unspecified atom stereocenters. The van der Waals surface area contributed by atoms with Crippen LogP contribution < -0.4 is 10.2 Å². The predicted octanol–water partition coefficient (Wildman–Crippen LogP) is 7.87. The van der Waals surface area contributed by atoms with Crippen LogP contribution in [0.15, 0.2) is 143 Å². The van der Waals surface area contributed by atoms with Gasteiger partial charge < -0.3 is 14.3 Å². The van der Waals surface area contributed by atoms with E-state index in [-0.39, 0.29) is 22.5 Å². The second kappa shape index (κ2) is 11.0. The Morgan fingerprint density at radius 3 is 1.40 bits per heavy atom. The maximum Gasteiger partial charge on any atom is 0.196 e. The van der Waals surface area contributed by atoms with Crippen molar-refractivity contribution in [2.75, 3.05) is 7.11 Å². The van der Waals surface area contributed by atoms with Crippen LogP contribution in [0, 0.1) is 0 Å². The minimum atomic E-state index is -0.410. The van der Waals surface area contributed by atoms with Crippen molar-refractivity contribution >= 4 is 11.0 Å². The Kier molecular flexibility index (Phi) is 6.90. The Hall–Kier alpha value is -5.09. The summed E-state index contributed by atoms with van der Waals surface area (Å²) in [5.41, 5.74) is 5.15. The number of hydrogen-bond acceptors (Lipinski definition) is 4. The highest BCUT2D eigenvalue weighted by molar-refractivity contribution is 5.92. The summed E-state index contributed by atoms with van der Waals surface area (Å²) < 4.78 is 12.3. The van der Waals surface area contributed by atoms with Gasteiger partial charge in [0.25, 0.3) is 0 Å². The summed E-state index contributed by atoms with van der Waals surface area (Å²) in [6.45, 7) is 0. The van der Waals surface area contributed by atoms with E-state index in [1.165, 1.54) is 12.3 Å². The van der Waals surface area contributed by atoms with Crippen LogP contribution in [-0.4, -0.2) is 12.2 Å². The molecule has 5 aromatic carbocycles. The lowest BCUT2D eigenvalue weighted by Crippen LogP contribution is -2.14. The minimum Gasteiger partial charge on any atom is -0.507 e. The van der Waals surface area contributed by atoms with Gasteiger partial charge in [0.05, 0.1) is 13.4 Å². The Balaban J connectivity index is 1.79. The average molecular weight is 525 g/mol. The van der Waals surface area contributed by atoms with Crippen molar-refractivity contribution in [1.82, 2.24) is 0 Å². The van der Waals surface area contributed by atoms with Gasteiger partial charge in [-0.05, 0) is 22.3 Å². The minimum absolute atomic E-state index is 0.137. The molecule has 40 heavy (non-hydrogen) atoms. The predicted molar refractivity (Wildman–Crippen MR) is 158 cm³/mol. The molecule has 6 aromatic rings. The molecule has 0 bridgehead atoms. The van der Waals surface area contributed by atoms with Crippen molar-refractivity contribution in [3.63, 3.8) is 0 Å². The molecule has 0 aliphatic carbocycles. The van der Waals surface area contributed by atoms with E-state index < -0.39 is 5.92 Å². The molecule has 0 atom stereocenters. The lowest BCUT2D eigenvalue weighted by molar-refractivity contribution is 0.393. The Labute approximate surface area is 232 Å². The lowest BCUT2D eigenvalue weighted by Gasteiger charge is -2.28. The summed E-state index contributed by atoms with van der Waals surface area (Å²) in [6.07, 6.45) is 1.38. The van der Waals surface area contributed by atoms with E-state index in [1.54, 1.807) is 7.11 Å². The molecule has 0 saturated heterocycles. The fraction of sp³-hybridized carbons (Fsp3) is 0.0833. The van der Waals surface area contributed by atoms with E-state index in [0.717, 1.165) is 22.3 Å². The SMILES string of the molecule is COc1c(C(c2ccccc2)c2ccccc2)c(O)c2c(=O)ccoc2c1C(c1ccccc1)c1ccccc1. The van der Waals surface area contributed by atoms with Crippen molar-refractivity contribution in [3.8, 4) is 11.5 Å². The molecule has 4 heteroatoms. The molecular weight excluding hydrogens is 496 g/mol. The standard InChI is InChI=1S/C36H28O4/c1-39-35-32(29(24-14-6-2-7-15-24)25-16-8-3-9-17-25)34(38)31-28(37)22-23-40-36(31)33(35)30(26-18-10-4-11-19-26)27-20-12-5-13-21-27/h2-23,29-30,38H,1H3. The molecule has 4 nitrogen and oxygen atoms in total. The molecule has 0 spiro atoms. The molecule has 6 rings (SSSR count). The van der Waals surface area contributed by atoms with Gasteiger partial charge in [-0.2, -0.15) is 0 Å². The first-order chi connectivity index (χ1) is 19.7. The van der Waals surface area contributed by atoms with E-state index in [1.807, 2.05) is 97.1 Å². The fourth-order valence-corrected chi connectivity index (χ4v) is 5.71. The van der Waals surface area contributed by atoms with Gasteiger partial charge in [0.1, 0.15) is 22.5 Å². The number of phenolic OH excluding ortho intramolecular Hbond substituents is 1. The van der Waals surface area contributed by atoms with E-state index in [4.69, 9.17) is 9.15 Å². The average Bonchev–Trinajstić information content (AvgIpc) is 3.01. The number of hydrogen-bond donors (Lipinski definition) is 1. The Bertz CT molecular complexity index is 1720. The summed E-state index contributed by atoms with van der Waals surface area (Å²) in [5, 5.41) is 12.1. The van der Waals surface area contributed by atoms with Crippen LogP contribution in [-0.2, 0) is 0 Å². The summed E-state index contributed by atoms with van der Waals surface area (Å²) in [4.78, 5) is 13.4. The summed E-state index contributed by atoms with van der Waals surface area (Å²) >= 11 is 0. The van der Waals surface area contributed by atoms with Crippen molar-refractivity contribution in [3.05, 3.63) is 177 Å². The van der Waals surface area contributed by atoms with Crippen LogP contribution in [0.2, 0.25) is 0 Å². The van der Waals surface area contributed by atoms with Gasteiger partial charge in [-0.15, -0.1) is 0 Å². The largest absolute Gasteiger partial charge is 0.507 e. The van der Waals surface area contributed by atoms with Crippen molar-refractivity contribution < 1.29 is 14.3 Å². The van der Waals surface area contributed by atoms with Crippen LogP contribution in [0.25, 0.3) is 11.0 Å². The second-order valence-electron chi connectivity index (χ2n) is 9.71. The van der Waals surface area contributed by atoms with Gasteiger partial charge in [-0.1, -0.05) is 121 Å². The monoisotopic (exact) mass is 524 g/mol. The first-order valence-corrected chi connectivity index (χ1v) is 13.2. The molecule has 0 aliphatic rings. The third-order valence-corrected chi connectivity index (χ3v) is 7.42. The smallest absolute Gasteiger partial charge is 0.196 e. The molecule has 196 valence electrons. The van der Waals surface area contributed by atoms with Crippen molar-refractivity contribution in [2.24, 2.45) is 0 Å². The van der Waals surface area contributed by atoms with Gasteiger partial charge in [0.15, 0.2) is 5.43 Å². The van der Waals surface area contributed by atoms with Crippen LogP contribution in [0.1, 0.15) is 45.2 Å². The van der Waals surface area contributed by atoms with E-state index in [0.29, 0.717) is 22.5 Å². The third kappa shape index (κ3) is 4.44. The number of ether oxygens (including phenoxy) is 1. The van der Waals surface area contributed by atoms with Gasteiger partial charge in [-0.25, -0.2) is 0 Å². The van der Waals surface area contributed by atoms with Crippen molar-refractivity contribution in [1.29, 1.82) is 0 Å². The maximum atomic E-state index is 13.4. The highest BCUT2D eigenvalue weighted by Gasteiger charge is 2.34. The molecule has 0 aliphatic heterocycles. The summed E-state index contributed by atoms with van der Waals surface area (Å²) in [5.74, 6) is -0.401. The van der Waals surface area contributed by atoms with E-state index in [9.17, 15) is 9.90 Å². The number of benzene rings is 5. The van der Waals surface area contributed by atoms with E-state index >= 15 is 0 Å². The van der Waals surface area contributed by atoms with Crippen LogP contribution in [0.3, 0.4) is 0 Å².